The molecule has 12 nitrogen and oxygen atoms in total. The number of anilines is 2. The number of nitrogens with one attached hydrogen (secondary N) is 1. The fraction of sp³-hybridized carbons (Fsp3) is 0.467. The lowest BCUT2D eigenvalue weighted by Gasteiger charge is -2.58. The van der Waals surface area contributed by atoms with Crippen molar-refractivity contribution >= 4 is 41.0 Å². The molecule has 3 N–H and O–H groups in total. The molecule has 2 bridgehead atoms. The van der Waals surface area contributed by atoms with E-state index < -0.39 is 29.7 Å². The van der Waals surface area contributed by atoms with Crippen molar-refractivity contribution in [3.05, 3.63) is 53.2 Å². The van der Waals surface area contributed by atoms with Gasteiger partial charge in [0.25, 0.3) is 11.8 Å². The number of hydrogen-bond donors (Lipinski definition) is 2. The molecule has 7 heterocycles. The monoisotopic (exact) mass is 571 g/mol. The van der Waals surface area contributed by atoms with Crippen LogP contribution in [0.15, 0.2) is 36.5 Å². The summed E-state index contributed by atoms with van der Waals surface area (Å²) in [5, 5.41) is 2.24. The molecule has 1 aromatic carbocycles. The van der Waals surface area contributed by atoms with Crippen LogP contribution in [0.1, 0.15) is 63.2 Å². The predicted octanol–water partition coefficient (Wildman–Crippen LogP) is 0.761. The highest BCUT2D eigenvalue weighted by Crippen LogP contribution is 2.38. The third-order valence-electron chi connectivity index (χ3n) is 9.57. The number of primary amides is 1. The zero-order valence-electron chi connectivity index (χ0n) is 23.2. The number of carbonyl (C=O) groups is 5. The van der Waals surface area contributed by atoms with E-state index in [1.165, 1.54) is 0 Å². The van der Waals surface area contributed by atoms with Crippen LogP contribution in [0.25, 0.3) is 0 Å². The number of aromatic nitrogens is 1. The van der Waals surface area contributed by atoms with Crippen molar-refractivity contribution in [1.82, 2.24) is 20.1 Å². The van der Waals surface area contributed by atoms with Gasteiger partial charge in [-0.1, -0.05) is 0 Å². The van der Waals surface area contributed by atoms with Gasteiger partial charge < -0.3 is 15.5 Å². The average molecular weight is 572 g/mol. The fourth-order valence-corrected chi connectivity index (χ4v) is 7.21. The molecule has 8 rings (SSSR count). The normalized spacial score (nSPS) is 26.3. The van der Waals surface area contributed by atoms with Gasteiger partial charge in [-0.15, -0.1) is 0 Å². The van der Waals surface area contributed by atoms with Crippen LogP contribution < -0.4 is 20.9 Å². The maximum absolute atomic E-state index is 13.3. The molecule has 42 heavy (non-hydrogen) atoms. The van der Waals surface area contributed by atoms with Gasteiger partial charge in [-0.2, -0.15) is 0 Å². The van der Waals surface area contributed by atoms with Crippen molar-refractivity contribution in [2.24, 2.45) is 11.7 Å². The second kappa shape index (κ2) is 10.2. The molecular weight excluding hydrogens is 538 g/mol. The van der Waals surface area contributed by atoms with Crippen molar-refractivity contribution in [2.75, 3.05) is 42.5 Å². The lowest BCUT2D eigenvalue weighted by Crippen LogP contribution is -2.69. The third-order valence-corrected chi connectivity index (χ3v) is 9.57. The Kier molecular flexibility index (Phi) is 6.45. The quantitative estimate of drug-likeness (QED) is 0.479. The first-order valence-corrected chi connectivity index (χ1v) is 14.6. The van der Waals surface area contributed by atoms with E-state index in [0.717, 1.165) is 68.4 Å². The molecule has 6 aliphatic heterocycles. The molecule has 0 aliphatic carbocycles. The van der Waals surface area contributed by atoms with E-state index >= 15 is 0 Å². The highest BCUT2D eigenvalue weighted by Gasteiger charge is 2.47. The van der Waals surface area contributed by atoms with Gasteiger partial charge in [-0.25, -0.2) is 4.98 Å². The van der Waals surface area contributed by atoms with Crippen molar-refractivity contribution in [2.45, 2.75) is 50.2 Å². The first-order chi connectivity index (χ1) is 20.3. The van der Waals surface area contributed by atoms with Crippen LogP contribution in [-0.2, 0) is 9.59 Å². The van der Waals surface area contributed by atoms with E-state index in [0.29, 0.717) is 34.7 Å². The Morgan fingerprint density at radius 2 is 1.67 bits per heavy atom. The maximum Gasteiger partial charge on any atom is 0.262 e. The summed E-state index contributed by atoms with van der Waals surface area (Å²) in [5.74, 6) is -0.909. The van der Waals surface area contributed by atoms with Gasteiger partial charge >= 0.3 is 0 Å². The third kappa shape index (κ3) is 4.50. The number of fused-ring (bicyclic) bond motifs is 3. The van der Waals surface area contributed by atoms with Gasteiger partial charge in [0.1, 0.15) is 11.9 Å². The van der Waals surface area contributed by atoms with Crippen molar-refractivity contribution < 1.29 is 24.0 Å². The molecule has 218 valence electrons. The zero-order chi connectivity index (χ0) is 29.1. The first-order valence-electron chi connectivity index (χ1n) is 14.6. The van der Waals surface area contributed by atoms with Crippen LogP contribution in [0.3, 0.4) is 0 Å². The number of carbonyl (C=O) groups excluding carboxylic acids is 5. The van der Waals surface area contributed by atoms with E-state index in [1.807, 2.05) is 12.1 Å². The molecule has 0 radical (unpaired) electrons. The van der Waals surface area contributed by atoms with E-state index in [9.17, 15) is 24.0 Å². The summed E-state index contributed by atoms with van der Waals surface area (Å²) in [6.07, 6.45) is 5.13. The molecule has 5 fully saturated rings. The summed E-state index contributed by atoms with van der Waals surface area (Å²) in [5.41, 5.74) is 7.29. The van der Waals surface area contributed by atoms with Crippen molar-refractivity contribution in [3.8, 4) is 0 Å². The number of hydrogen-bond acceptors (Lipinski definition) is 9. The number of rotatable bonds is 6. The number of piperidine rings is 3. The first kappa shape index (κ1) is 26.6. The SMILES string of the molecule is NC(=O)c1ccc(N2CCC(CN3C4CC3CN(c3ccc5c(c3)C(=O)N(C3CCC(=O)NC3=O)C5=O)C4)CC2)nc1. The van der Waals surface area contributed by atoms with E-state index in [-0.39, 0.29) is 18.7 Å². The Morgan fingerprint density at radius 3 is 2.33 bits per heavy atom. The number of imide groups is 2. The van der Waals surface area contributed by atoms with Gasteiger partial charge in [0.05, 0.1) is 16.7 Å². The molecule has 2 aromatic rings. The summed E-state index contributed by atoms with van der Waals surface area (Å²) in [6, 6.07) is 8.92. The van der Waals surface area contributed by atoms with Gasteiger partial charge in [-0.05, 0) is 61.9 Å². The molecular formula is C30H33N7O5. The summed E-state index contributed by atoms with van der Waals surface area (Å²) in [7, 11) is 0. The Morgan fingerprint density at radius 1 is 0.929 bits per heavy atom. The lowest BCUT2D eigenvalue weighted by atomic mass is 9.84. The molecule has 0 spiro atoms. The average Bonchev–Trinajstić information content (AvgIpc) is 3.25. The Balaban J connectivity index is 0.950. The topological polar surface area (TPSA) is 149 Å². The Hall–Kier alpha value is -4.32. The number of nitrogens with two attached hydrogens (primary N) is 1. The summed E-state index contributed by atoms with van der Waals surface area (Å²) in [6.45, 7) is 4.66. The van der Waals surface area contributed by atoms with Gasteiger partial charge in [-0.3, -0.25) is 39.1 Å². The summed E-state index contributed by atoms with van der Waals surface area (Å²) in [4.78, 5) is 74.2. The molecule has 0 saturated carbocycles. The number of benzene rings is 1. The molecule has 3 atom stereocenters. The molecule has 6 aliphatic rings. The molecule has 5 saturated heterocycles. The Labute approximate surface area is 242 Å². The van der Waals surface area contributed by atoms with Crippen molar-refractivity contribution in [3.63, 3.8) is 0 Å². The zero-order valence-corrected chi connectivity index (χ0v) is 23.2. The van der Waals surface area contributed by atoms with Gasteiger partial charge in [0, 0.05) is 63.1 Å². The van der Waals surface area contributed by atoms with Crippen molar-refractivity contribution in [1.29, 1.82) is 0 Å². The largest absolute Gasteiger partial charge is 0.368 e. The fourth-order valence-electron chi connectivity index (χ4n) is 7.21. The number of pyridine rings is 1. The number of nitrogens with zero attached hydrogens (tertiary/aromatic N) is 5. The number of piperazine rings is 1. The second-order valence-corrected chi connectivity index (χ2v) is 12.0. The predicted molar refractivity (Wildman–Crippen MR) is 152 cm³/mol. The minimum absolute atomic E-state index is 0.102. The molecule has 1 aromatic heterocycles. The summed E-state index contributed by atoms with van der Waals surface area (Å²) >= 11 is 0. The van der Waals surface area contributed by atoms with Crippen LogP contribution in [0, 0.1) is 5.92 Å². The van der Waals surface area contributed by atoms with Crippen LogP contribution in [0.5, 0.6) is 0 Å². The highest BCUT2D eigenvalue weighted by molar-refractivity contribution is 6.23. The standard InChI is InChI=1S/C30H33N7O5/c31-27(39)18-1-5-25(32-13-18)34-9-7-17(8-10-34)14-36-20-11-21(36)16-35(15-20)19-2-3-22-23(12-19)30(42)37(29(22)41)24-4-6-26(38)33-28(24)40/h1-3,5,12-13,17,20-21,24H,4,6-11,14-16H2,(H2,31,39)(H,33,38,40). The van der Waals surface area contributed by atoms with E-state index in [1.54, 1.807) is 24.4 Å². The van der Waals surface area contributed by atoms with Gasteiger partial charge in [0.2, 0.25) is 17.7 Å². The smallest absolute Gasteiger partial charge is 0.262 e. The van der Waals surface area contributed by atoms with Crippen LogP contribution in [0.2, 0.25) is 0 Å². The van der Waals surface area contributed by atoms with Crippen LogP contribution in [-0.4, -0.2) is 95.2 Å². The lowest BCUT2D eigenvalue weighted by molar-refractivity contribution is -0.136. The molecule has 3 unspecified atom stereocenters. The summed E-state index contributed by atoms with van der Waals surface area (Å²) < 4.78 is 0. The minimum Gasteiger partial charge on any atom is -0.368 e. The van der Waals surface area contributed by atoms with E-state index in [4.69, 9.17) is 5.73 Å². The number of amides is 5. The highest BCUT2D eigenvalue weighted by atomic mass is 16.2. The second-order valence-electron chi connectivity index (χ2n) is 12.0. The Bertz CT molecular complexity index is 1470. The van der Waals surface area contributed by atoms with Crippen LogP contribution in [0.4, 0.5) is 11.5 Å². The molecule has 5 amide bonds. The van der Waals surface area contributed by atoms with E-state index in [2.05, 4.69) is 25.0 Å². The van der Waals surface area contributed by atoms with Crippen LogP contribution >= 0.6 is 0 Å². The minimum atomic E-state index is -0.958. The van der Waals surface area contributed by atoms with Gasteiger partial charge in [0.15, 0.2) is 0 Å². The maximum atomic E-state index is 13.3. The molecule has 12 heteroatoms.